The third-order valence-electron chi connectivity index (χ3n) is 3.68. The molecule has 1 heterocycles. The fourth-order valence-electron chi connectivity index (χ4n) is 2.32. The summed E-state index contributed by atoms with van der Waals surface area (Å²) in [5.74, 6) is 1.70. The van der Waals surface area contributed by atoms with Crippen molar-refractivity contribution in [1.29, 1.82) is 0 Å². The Morgan fingerprint density at radius 1 is 1.24 bits per heavy atom. The number of fused-ring (bicyclic) bond motifs is 1. The molecule has 1 fully saturated rings. The van der Waals surface area contributed by atoms with E-state index in [2.05, 4.69) is 22.2 Å². The molecule has 1 aliphatic rings. The number of aromatic nitrogens is 2. The van der Waals surface area contributed by atoms with E-state index in [-0.39, 0.29) is 0 Å². The molecule has 1 N–H and O–H groups in total. The highest BCUT2D eigenvalue weighted by atomic mass is 15.0. The van der Waals surface area contributed by atoms with Gasteiger partial charge in [-0.3, -0.25) is 4.98 Å². The van der Waals surface area contributed by atoms with E-state index in [0.717, 1.165) is 22.8 Å². The molecule has 0 spiro atoms. The third-order valence-corrected chi connectivity index (χ3v) is 3.68. The molecule has 1 aromatic heterocycles. The summed E-state index contributed by atoms with van der Waals surface area (Å²) in [6.45, 7) is 2.24. The van der Waals surface area contributed by atoms with Gasteiger partial charge in [0.1, 0.15) is 5.82 Å². The lowest BCUT2D eigenvalue weighted by Crippen LogP contribution is -2.31. The second kappa shape index (κ2) is 4.32. The quantitative estimate of drug-likeness (QED) is 0.874. The Kier molecular flexibility index (Phi) is 2.67. The van der Waals surface area contributed by atoms with Crippen molar-refractivity contribution in [1.82, 2.24) is 9.97 Å². The first-order valence-corrected chi connectivity index (χ1v) is 6.31. The van der Waals surface area contributed by atoms with E-state index in [1.54, 1.807) is 0 Å². The van der Waals surface area contributed by atoms with E-state index in [9.17, 15) is 0 Å². The Morgan fingerprint density at radius 3 is 2.71 bits per heavy atom. The number of nitrogens with zero attached hydrogens (tertiary/aromatic N) is 2. The van der Waals surface area contributed by atoms with E-state index >= 15 is 0 Å². The molecule has 0 saturated heterocycles. The van der Waals surface area contributed by atoms with Gasteiger partial charge in [0.15, 0.2) is 0 Å². The Labute approximate surface area is 101 Å². The first-order chi connectivity index (χ1) is 8.33. The standard InChI is InChI=1S/C14H17N3/c1-10(11-5-4-6-11)16-14-9-15-12-7-2-3-8-13(12)17-14/h2-3,7-11H,4-6H2,1H3,(H,16,17). The molecule has 0 bridgehead atoms. The van der Waals surface area contributed by atoms with Crippen LogP contribution in [0.3, 0.4) is 0 Å². The number of hydrogen-bond acceptors (Lipinski definition) is 3. The normalized spacial score (nSPS) is 17.7. The van der Waals surface area contributed by atoms with Crippen LogP contribution >= 0.6 is 0 Å². The van der Waals surface area contributed by atoms with Crippen molar-refractivity contribution >= 4 is 16.9 Å². The summed E-state index contributed by atoms with van der Waals surface area (Å²) in [5.41, 5.74) is 1.91. The number of para-hydroxylation sites is 2. The van der Waals surface area contributed by atoms with Gasteiger partial charge in [0, 0.05) is 6.04 Å². The Balaban J connectivity index is 1.80. The summed E-state index contributed by atoms with van der Waals surface area (Å²) in [7, 11) is 0. The van der Waals surface area contributed by atoms with Gasteiger partial charge in [-0.2, -0.15) is 0 Å². The van der Waals surface area contributed by atoms with Crippen molar-refractivity contribution in [3.63, 3.8) is 0 Å². The lowest BCUT2D eigenvalue weighted by molar-refractivity contribution is 0.285. The minimum absolute atomic E-state index is 0.499. The Bertz CT molecular complexity index is 520. The molecule has 1 atom stereocenters. The molecule has 1 saturated carbocycles. The zero-order chi connectivity index (χ0) is 11.7. The Hall–Kier alpha value is -1.64. The fraction of sp³-hybridized carbons (Fsp3) is 0.429. The third kappa shape index (κ3) is 2.09. The van der Waals surface area contributed by atoms with Crippen molar-refractivity contribution < 1.29 is 0 Å². The van der Waals surface area contributed by atoms with Gasteiger partial charge >= 0.3 is 0 Å². The van der Waals surface area contributed by atoms with Gasteiger partial charge in [-0.25, -0.2) is 4.98 Å². The molecule has 0 radical (unpaired) electrons. The average Bonchev–Trinajstić information content (AvgIpc) is 2.26. The van der Waals surface area contributed by atoms with Crippen LogP contribution in [-0.4, -0.2) is 16.0 Å². The molecule has 3 nitrogen and oxygen atoms in total. The van der Waals surface area contributed by atoms with Crippen LogP contribution in [0.15, 0.2) is 30.5 Å². The highest BCUT2D eigenvalue weighted by Gasteiger charge is 2.23. The van der Waals surface area contributed by atoms with E-state index in [4.69, 9.17) is 0 Å². The van der Waals surface area contributed by atoms with E-state index < -0.39 is 0 Å². The molecule has 0 amide bonds. The Morgan fingerprint density at radius 2 is 2.00 bits per heavy atom. The summed E-state index contributed by atoms with van der Waals surface area (Å²) in [5, 5.41) is 3.46. The number of anilines is 1. The number of nitrogens with one attached hydrogen (secondary N) is 1. The summed E-state index contributed by atoms with van der Waals surface area (Å²) in [6.07, 6.45) is 5.89. The lowest BCUT2D eigenvalue weighted by atomic mass is 9.80. The number of benzene rings is 1. The van der Waals surface area contributed by atoms with Crippen molar-refractivity contribution in [2.75, 3.05) is 5.32 Å². The summed E-state index contributed by atoms with van der Waals surface area (Å²) in [6, 6.07) is 8.47. The van der Waals surface area contributed by atoms with Crippen LogP contribution < -0.4 is 5.32 Å². The highest BCUT2D eigenvalue weighted by molar-refractivity contribution is 5.75. The SMILES string of the molecule is CC(Nc1cnc2ccccc2n1)C1CCC1. The van der Waals surface area contributed by atoms with Crippen molar-refractivity contribution in [3.05, 3.63) is 30.5 Å². The average molecular weight is 227 g/mol. The van der Waals surface area contributed by atoms with E-state index in [1.165, 1.54) is 19.3 Å². The van der Waals surface area contributed by atoms with Gasteiger partial charge in [-0.15, -0.1) is 0 Å². The van der Waals surface area contributed by atoms with Crippen LogP contribution in [0.5, 0.6) is 0 Å². The number of rotatable bonds is 3. The molecule has 1 unspecified atom stereocenters. The molecular formula is C14H17N3. The minimum Gasteiger partial charge on any atom is -0.366 e. The molecule has 1 aromatic carbocycles. The second-order valence-electron chi connectivity index (χ2n) is 4.87. The molecule has 17 heavy (non-hydrogen) atoms. The van der Waals surface area contributed by atoms with Crippen LogP contribution in [0.25, 0.3) is 11.0 Å². The van der Waals surface area contributed by atoms with Crippen LogP contribution in [0.1, 0.15) is 26.2 Å². The lowest BCUT2D eigenvalue weighted by Gasteiger charge is -2.32. The molecule has 88 valence electrons. The molecule has 0 aliphatic heterocycles. The number of hydrogen-bond donors (Lipinski definition) is 1. The maximum atomic E-state index is 4.58. The van der Waals surface area contributed by atoms with E-state index in [1.807, 2.05) is 30.5 Å². The highest BCUT2D eigenvalue weighted by Crippen LogP contribution is 2.30. The molecule has 3 rings (SSSR count). The van der Waals surface area contributed by atoms with Gasteiger partial charge in [0.2, 0.25) is 0 Å². The van der Waals surface area contributed by atoms with Crippen LogP contribution in [-0.2, 0) is 0 Å². The van der Waals surface area contributed by atoms with Gasteiger partial charge in [-0.05, 0) is 37.8 Å². The van der Waals surface area contributed by atoms with Crippen LogP contribution in [0.2, 0.25) is 0 Å². The molecule has 1 aliphatic carbocycles. The van der Waals surface area contributed by atoms with E-state index in [0.29, 0.717) is 6.04 Å². The predicted octanol–water partition coefficient (Wildman–Crippen LogP) is 3.23. The van der Waals surface area contributed by atoms with Crippen LogP contribution in [0.4, 0.5) is 5.82 Å². The smallest absolute Gasteiger partial charge is 0.145 e. The summed E-state index contributed by atoms with van der Waals surface area (Å²) in [4.78, 5) is 8.99. The van der Waals surface area contributed by atoms with Crippen molar-refractivity contribution in [2.45, 2.75) is 32.2 Å². The van der Waals surface area contributed by atoms with Crippen LogP contribution in [0, 0.1) is 5.92 Å². The van der Waals surface area contributed by atoms with Gasteiger partial charge < -0.3 is 5.32 Å². The fourth-order valence-corrected chi connectivity index (χ4v) is 2.32. The zero-order valence-corrected chi connectivity index (χ0v) is 10.1. The largest absolute Gasteiger partial charge is 0.366 e. The predicted molar refractivity (Wildman–Crippen MR) is 70.0 cm³/mol. The second-order valence-corrected chi connectivity index (χ2v) is 4.87. The minimum atomic E-state index is 0.499. The first kappa shape index (κ1) is 10.5. The zero-order valence-electron chi connectivity index (χ0n) is 10.1. The van der Waals surface area contributed by atoms with Gasteiger partial charge in [0.25, 0.3) is 0 Å². The molecular weight excluding hydrogens is 210 g/mol. The van der Waals surface area contributed by atoms with Crippen molar-refractivity contribution in [3.8, 4) is 0 Å². The maximum absolute atomic E-state index is 4.58. The first-order valence-electron chi connectivity index (χ1n) is 6.31. The molecule has 2 aromatic rings. The maximum Gasteiger partial charge on any atom is 0.145 e. The molecule has 3 heteroatoms. The van der Waals surface area contributed by atoms with Gasteiger partial charge in [-0.1, -0.05) is 18.6 Å². The summed E-state index contributed by atoms with van der Waals surface area (Å²) >= 11 is 0. The monoisotopic (exact) mass is 227 g/mol. The summed E-state index contributed by atoms with van der Waals surface area (Å²) < 4.78 is 0. The van der Waals surface area contributed by atoms with Gasteiger partial charge in [0.05, 0.1) is 17.2 Å². The topological polar surface area (TPSA) is 37.8 Å². The van der Waals surface area contributed by atoms with Crippen molar-refractivity contribution in [2.24, 2.45) is 5.92 Å².